The van der Waals surface area contributed by atoms with Crippen LogP contribution in [0, 0.1) is 11.8 Å². The van der Waals surface area contributed by atoms with Gasteiger partial charge in [-0.15, -0.1) is 0 Å². The molecule has 3 saturated heterocycles. The fourth-order valence-corrected chi connectivity index (χ4v) is 9.16. The van der Waals surface area contributed by atoms with Crippen molar-refractivity contribution in [3.05, 3.63) is 24.3 Å². The Hall–Kier alpha value is -1.88. The number of fused-ring (bicyclic) bond motifs is 5. The van der Waals surface area contributed by atoms with Crippen LogP contribution in [-0.2, 0) is 4.79 Å². The average molecular weight is 475 g/mol. The van der Waals surface area contributed by atoms with Crippen LogP contribution in [-0.4, -0.2) is 50.9 Å². The van der Waals surface area contributed by atoms with Crippen LogP contribution < -0.4 is 4.90 Å². The molecule has 0 N–H and O–H groups in total. The van der Waals surface area contributed by atoms with Crippen molar-refractivity contribution in [2.24, 2.45) is 11.8 Å². The molecule has 0 spiro atoms. The molecule has 4 bridgehead atoms. The van der Waals surface area contributed by atoms with Crippen molar-refractivity contribution < 1.29 is 4.79 Å². The number of benzene rings is 1. The summed E-state index contributed by atoms with van der Waals surface area (Å²) < 4.78 is 2.58. The predicted molar refractivity (Wildman–Crippen MR) is 141 cm³/mol. The third-order valence-corrected chi connectivity index (χ3v) is 10.5. The number of ketones is 1. The molecule has 3 aliphatic heterocycles. The SMILES string of the molecule is CC(=O)[C@H]1CCCN1c1nc2ccccc2n1[C@H]1C[C@H]2CCC[C@@H](C1)N2[C@H]1C[C@@H]2CCC[C@@H](C2)C1. The molecule has 5 aliphatic rings. The van der Waals surface area contributed by atoms with E-state index in [1.807, 2.05) is 0 Å². The van der Waals surface area contributed by atoms with Crippen LogP contribution >= 0.6 is 0 Å². The molecule has 2 aromatic rings. The van der Waals surface area contributed by atoms with Gasteiger partial charge in [-0.1, -0.05) is 37.8 Å². The summed E-state index contributed by atoms with van der Waals surface area (Å²) in [4.78, 5) is 23.1. The van der Waals surface area contributed by atoms with Crippen LogP contribution in [0.5, 0.6) is 0 Å². The maximum atomic E-state index is 12.5. The summed E-state index contributed by atoms with van der Waals surface area (Å²) in [6, 6.07) is 11.4. The molecule has 1 aromatic heterocycles. The zero-order valence-electron chi connectivity index (χ0n) is 21.4. The number of aromatic nitrogens is 2. The highest BCUT2D eigenvalue weighted by molar-refractivity contribution is 5.86. The number of carbonyl (C=O) groups is 1. The third kappa shape index (κ3) is 3.84. The number of para-hydroxylation sites is 2. The minimum absolute atomic E-state index is 0.00759. The van der Waals surface area contributed by atoms with Crippen LogP contribution in [0.4, 0.5) is 5.95 Å². The van der Waals surface area contributed by atoms with E-state index < -0.39 is 0 Å². The molecule has 0 radical (unpaired) electrons. The Morgan fingerprint density at radius 2 is 1.51 bits per heavy atom. The normalized spacial score (nSPS) is 37.6. The van der Waals surface area contributed by atoms with E-state index >= 15 is 0 Å². The van der Waals surface area contributed by atoms with Gasteiger partial charge in [0.1, 0.15) is 0 Å². The molecule has 2 saturated carbocycles. The number of hydrogen-bond donors (Lipinski definition) is 0. The van der Waals surface area contributed by atoms with E-state index in [0.717, 1.165) is 48.7 Å². The van der Waals surface area contributed by atoms with E-state index in [2.05, 4.69) is 38.6 Å². The Morgan fingerprint density at radius 1 is 0.800 bits per heavy atom. The number of nitrogens with zero attached hydrogens (tertiary/aromatic N) is 4. The van der Waals surface area contributed by atoms with Gasteiger partial charge < -0.3 is 9.47 Å². The molecule has 7 atom stereocenters. The minimum Gasteiger partial charge on any atom is -0.332 e. The highest BCUT2D eigenvalue weighted by atomic mass is 16.1. The smallest absolute Gasteiger partial charge is 0.207 e. The van der Waals surface area contributed by atoms with E-state index in [1.54, 1.807) is 6.92 Å². The van der Waals surface area contributed by atoms with Crippen molar-refractivity contribution in [3.63, 3.8) is 0 Å². The molecule has 0 amide bonds. The molecular formula is C30H42N4O. The average Bonchev–Trinajstić information content (AvgIpc) is 3.48. The predicted octanol–water partition coefficient (Wildman–Crippen LogP) is 6.12. The third-order valence-electron chi connectivity index (χ3n) is 10.5. The highest BCUT2D eigenvalue weighted by Gasteiger charge is 2.46. The first-order chi connectivity index (χ1) is 17.2. The number of anilines is 1. The molecule has 35 heavy (non-hydrogen) atoms. The van der Waals surface area contributed by atoms with E-state index in [-0.39, 0.29) is 11.8 Å². The van der Waals surface area contributed by atoms with Gasteiger partial charge in [-0.2, -0.15) is 0 Å². The molecule has 5 fully saturated rings. The molecule has 2 aliphatic carbocycles. The van der Waals surface area contributed by atoms with Gasteiger partial charge in [-0.3, -0.25) is 9.69 Å². The molecule has 5 heteroatoms. The lowest BCUT2D eigenvalue weighted by Gasteiger charge is -2.55. The molecule has 4 heterocycles. The lowest BCUT2D eigenvalue weighted by molar-refractivity contribution is -0.118. The molecule has 7 rings (SSSR count). The number of carbonyl (C=O) groups excluding carboxylic acids is 1. The molecule has 0 unspecified atom stereocenters. The number of Topliss-reactive ketones (excluding diaryl/α,β-unsaturated/α-hetero) is 1. The van der Waals surface area contributed by atoms with Gasteiger partial charge >= 0.3 is 0 Å². The van der Waals surface area contributed by atoms with Crippen molar-refractivity contribution in [1.29, 1.82) is 0 Å². The summed E-state index contributed by atoms with van der Waals surface area (Å²) in [5, 5.41) is 0. The Morgan fingerprint density at radius 3 is 2.26 bits per heavy atom. The lowest BCUT2D eigenvalue weighted by atomic mass is 9.68. The second kappa shape index (κ2) is 8.90. The lowest BCUT2D eigenvalue weighted by Crippen LogP contribution is -2.58. The van der Waals surface area contributed by atoms with Crippen molar-refractivity contribution >= 4 is 22.8 Å². The van der Waals surface area contributed by atoms with Gasteiger partial charge in [-0.05, 0) is 88.7 Å². The van der Waals surface area contributed by atoms with Gasteiger partial charge in [0, 0.05) is 30.7 Å². The summed E-state index contributed by atoms with van der Waals surface area (Å²) >= 11 is 0. The minimum atomic E-state index is -0.00759. The van der Waals surface area contributed by atoms with E-state index in [0.29, 0.717) is 18.1 Å². The topological polar surface area (TPSA) is 41.4 Å². The van der Waals surface area contributed by atoms with Gasteiger partial charge in [-0.25, -0.2) is 4.98 Å². The maximum Gasteiger partial charge on any atom is 0.207 e. The van der Waals surface area contributed by atoms with E-state index in [9.17, 15) is 4.79 Å². The molecule has 188 valence electrons. The summed E-state index contributed by atoms with van der Waals surface area (Å²) in [7, 11) is 0. The first kappa shape index (κ1) is 22.3. The number of hydrogen-bond acceptors (Lipinski definition) is 4. The first-order valence-electron chi connectivity index (χ1n) is 14.7. The standard InChI is InChI=1S/C30H42N4O/c1-20(35)28-13-6-14-32(28)30-31-27-11-2-3-12-29(27)34(30)26-18-23-9-5-10-24(19-26)33(23)25-16-21-7-4-8-22(15-21)17-25/h2-3,11-12,21-26,28H,4-10,13-19H2,1H3/t21-,22+,23-,24+,25+,26+,28-/m1/s1. The zero-order chi connectivity index (χ0) is 23.5. The van der Waals surface area contributed by atoms with Gasteiger partial charge in [0.2, 0.25) is 5.95 Å². The maximum absolute atomic E-state index is 12.5. The highest BCUT2D eigenvalue weighted by Crippen LogP contribution is 2.48. The van der Waals surface area contributed by atoms with Crippen molar-refractivity contribution in [3.8, 4) is 0 Å². The fourth-order valence-electron chi connectivity index (χ4n) is 9.16. The van der Waals surface area contributed by atoms with Crippen molar-refractivity contribution in [2.45, 2.75) is 121 Å². The largest absolute Gasteiger partial charge is 0.332 e. The Bertz CT molecular complexity index is 1070. The summed E-state index contributed by atoms with van der Waals surface area (Å²) in [5.41, 5.74) is 2.35. The first-order valence-corrected chi connectivity index (χ1v) is 14.7. The molecular weight excluding hydrogens is 432 g/mol. The quantitative estimate of drug-likeness (QED) is 0.535. The van der Waals surface area contributed by atoms with Gasteiger partial charge in [0.15, 0.2) is 5.78 Å². The van der Waals surface area contributed by atoms with Crippen LogP contribution in [0.25, 0.3) is 11.0 Å². The second-order valence-corrected chi connectivity index (χ2v) is 12.6. The van der Waals surface area contributed by atoms with E-state index in [1.165, 1.54) is 76.1 Å². The molecule has 5 nitrogen and oxygen atoms in total. The van der Waals surface area contributed by atoms with Crippen LogP contribution in [0.2, 0.25) is 0 Å². The summed E-state index contributed by atoms with van der Waals surface area (Å²) in [5.74, 6) is 3.34. The van der Waals surface area contributed by atoms with Crippen molar-refractivity contribution in [2.75, 3.05) is 11.4 Å². The van der Waals surface area contributed by atoms with Crippen LogP contribution in [0.1, 0.15) is 96.4 Å². The van der Waals surface area contributed by atoms with E-state index in [4.69, 9.17) is 4.98 Å². The monoisotopic (exact) mass is 474 g/mol. The summed E-state index contributed by atoms with van der Waals surface area (Å²) in [6.07, 6.45) is 17.5. The Kier molecular flexibility index (Phi) is 5.68. The Balaban J connectivity index is 1.22. The van der Waals surface area contributed by atoms with Crippen LogP contribution in [0.15, 0.2) is 24.3 Å². The zero-order valence-corrected chi connectivity index (χ0v) is 21.4. The summed E-state index contributed by atoms with van der Waals surface area (Å²) in [6.45, 7) is 2.71. The van der Waals surface area contributed by atoms with Gasteiger partial charge in [0.05, 0.1) is 17.1 Å². The van der Waals surface area contributed by atoms with Gasteiger partial charge in [0.25, 0.3) is 0 Å². The Labute approximate surface area is 210 Å². The number of rotatable bonds is 4. The number of piperidine rings is 2. The second-order valence-electron chi connectivity index (χ2n) is 12.6. The fraction of sp³-hybridized carbons (Fsp3) is 0.733. The van der Waals surface area contributed by atoms with Crippen molar-refractivity contribution in [1.82, 2.24) is 14.5 Å². The van der Waals surface area contributed by atoms with Crippen LogP contribution in [0.3, 0.4) is 0 Å². The number of imidazole rings is 1. The molecule has 1 aromatic carbocycles.